The van der Waals surface area contributed by atoms with Crippen LogP contribution in [0.25, 0.3) is 0 Å². The number of aliphatic hydroxyl groups is 2. The number of benzene rings is 5. The van der Waals surface area contributed by atoms with Gasteiger partial charge < -0.3 is 63.1 Å². The molecule has 2 aliphatic heterocycles. The Bertz CT molecular complexity index is 4670. The molecule has 8 bridgehead atoms. The van der Waals surface area contributed by atoms with E-state index in [1.165, 1.54) is 36.8 Å². The van der Waals surface area contributed by atoms with E-state index in [1.54, 1.807) is 24.3 Å². The van der Waals surface area contributed by atoms with Crippen LogP contribution in [-0.4, -0.2) is 122 Å². The molecule has 8 atom stereocenters. The van der Waals surface area contributed by atoms with E-state index in [0.717, 1.165) is 190 Å². The van der Waals surface area contributed by atoms with Crippen LogP contribution in [0.3, 0.4) is 0 Å². The molecule has 11 aliphatic carbocycles. The molecule has 0 amide bonds. The van der Waals surface area contributed by atoms with Gasteiger partial charge in [0.1, 0.15) is 64.9 Å². The van der Waals surface area contributed by atoms with Crippen molar-refractivity contribution in [3.8, 4) is 11.5 Å². The second-order valence-electron chi connectivity index (χ2n) is 49.4. The Balaban J connectivity index is 0.000000203. The first-order chi connectivity index (χ1) is 68.9. The van der Waals surface area contributed by atoms with Gasteiger partial charge in [0.15, 0.2) is 0 Å². The average Bonchev–Trinajstić information content (AvgIpc) is 1.05. The zero-order valence-corrected chi connectivity index (χ0v) is 94.6. The molecule has 4 N–H and O–H groups in total. The predicted molar refractivity (Wildman–Crippen MR) is 577 cm³/mol. The van der Waals surface area contributed by atoms with Gasteiger partial charge in [-0.15, -0.1) is 0 Å². The van der Waals surface area contributed by atoms with Crippen LogP contribution in [0, 0.1) is 61.6 Å². The van der Waals surface area contributed by atoms with E-state index in [4.69, 9.17) is 52.8 Å². The first-order valence-electron chi connectivity index (χ1n) is 56.0. The molecule has 0 radical (unpaired) electrons. The minimum Gasteiger partial charge on any atom is -0.508 e. The minimum atomic E-state index is -0.555. The highest BCUT2D eigenvalue weighted by Crippen LogP contribution is 2.61. The highest BCUT2D eigenvalue weighted by Gasteiger charge is 2.62. The van der Waals surface area contributed by atoms with Crippen LogP contribution >= 0.6 is 0 Å². The highest BCUT2D eigenvalue weighted by atomic mass is 16.6. The van der Waals surface area contributed by atoms with Crippen molar-refractivity contribution in [2.45, 2.75) is 474 Å². The quantitative estimate of drug-likeness (QED) is 0.0267. The van der Waals surface area contributed by atoms with Crippen molar-refractivity contribution < 1.29 is 106 Å². The van der Waals surface area contributed by atoms with Gasteiger partial charge in [0.2, 0.25) is 0 Å². The first kappa shape index (κ1) is 123. The van der Waals surface area contributed by atoms with E-state index in [1.807, 2.05) is 224 Å². The molecule has 22 nitrogen and oxygen atoms in total. The summed E-state index contributed by atoms with van der Waals surface area (Å²) < 4.78 is 49.8. The Morgan fingerprint density at radius 1 is 0.320 bits per heavy atom. The SMILES string of the molecule is CCC(C)(C)C(=O)OC1(c2ccccc2)CCCC1.CCC(C)(C)C(=O)OC1(c2ccccc2)CCCCC1.CCC(C)(C)C(=O)OC1(c2ccccc2)CCCCC1.CCC(C)(C)C(=O)OC12CC3CC(CC(O)(C3)C1)C2.CCC(C)(C)C(=O)OC12CC3CC(CC(O)(C3)C1)C2.CCC(C)(C)C(=O)OC1COC(=O)C1.CCC(C)(C)C(=O)OC1COC(=O)C1.CCC(C)c1ccc(O)cc1.CCC(C)c1ccc(O)cc1. The first-order valence-corrected chi connectivity index (χ1v) is 56.0. The standard InChI is InChI=1S/2C18H26O2.C17H24O2.2C16H26O3.2C10H16O4.2C10H14O/c2*1-4-17(2,3)16(19)20-18(13-9-6-10-14-18)15-11-7-5-8-12-15;1-4-16(2,3)15(18)19-17(12-8-9-13-17)14-10-6-5-7-11-14;2*1-4-14(2,3)13(17)19-16-8-11-5-12(9-16)7-15(18,6-11)10-16;2*1-4-10(2,3)9(12)14-7-5-8(11)13-6-7;2*1-3-8(2)9-4-6-10(11)7-5-9/h2*5,7-8,11-12H,4,6,9-10,13-14H2,1-3H3;5-7,10-11H,4,8-9,12-13H2,1-3H3;2*11-12,18H,4-10H2,1-3H3;2*7H,4-6H2,1-3H3;2*4-8,11H,3H2,1-2H3. The lowest BCUT2D eigenvalue weighted by Gasteiger charge is -2.59. The Hall–Kier alpha value is -9.15. The van der Waals surface area contributed by atoms with Crippen LogP contribution < -0.4 is 0 Å². The summed E-state index contributed by atoms with van der Waals surface area (Å²) in [4.78, 5) is 107. The molecule has 5 aromatic carbocycles. The number of cyclic esters (lactones) is 2. The van der Waals surface area contributed by atoms with E-state index in [9.17, 15) is 53.4 Å². The number of phenols is 2. The second-order valence-corrected chi connectivity index (χ2v) is 49.4. The second kappa shape index (κ2) is 53.2. The zero-order chi connectivity index (χ0) is 109. The molecule has 820 valence electrons. The summed E-state index contributed by atoms with van der Waals surface area (Å²) in [7, 11) is 0. The number of rotatable bonds is 28. The third-order valence-corrected chi connectivity index (χ3v) is 34.5. The largest absolute Gasteiger partial charge is 0.508 e. The van der Waals surface area contributed by atoms with Crippen molar-refractivity contribution in [1.29, 1.82) is 0 Å². The maximum absolute atomic E-state index is 12.5. The van der Waals surface area contributed by atoms with Crippen LogP contribution in [0.2, 0.25) is 0 Å². The molecule has 0 spiro atoms. The molecule has 2 saturated heterocycles. The summed E-state index contributed by atoms with van der Waals surface area (Å²) in [5.74, 6) is 2.64. The highest BCUT2D eigenvalue weighted by molar-refractivity contribution is 5.81. The van der Waals surface area contributed by atoms with E-state index in [-0.39, 0.29) is 109 Å². The summed E-state index contributed by atoms with van der Waals surface area (Å²) in [6, 6.07) is 45.6. The van der Waals surface area contributed by atoms with Crippen LogP contribution in [0.1, 0.15) is 450 Å². The van der Waals surface area contributed by atoms with Gasteiger partial charge >= 0.3 is 53.7 Å². The van der Waals surface area contributed by atoms with Crippen molar-refractivity contribution >= 4 is 53.7 Å². The van der Waals surface area contributed by atoms with Crippen LogP contribution in [0.4, 0.5) is 0 Å². The van der Waals surface area contributed by atoms with Gasteiger partial charge in [0.05, 0.1) is 61.9 Å². The van der Waals surface area contributed by atoms with Gasteiger partial charge in [-0.2, -0.15) is 0 Å². The Kier molecular flexibility index (Phi) is 44.5. The number of carbonyl (C=O) groups excluding carboxylic acids is 9. The summed E-state index contributed by atoms with van der Waals surface area (Å²) >= 11 is 0. The smallest absolute Gasteiger partial charge is 0.312 e. The van der Waals surface area contributed by atoms with E-state index in [2.05, 4.69) is 64.1 Å². The molecule has 22 heteroatoms. The van der Waals surface area contributed by atoms with Crippen LogP contribution in [0.15, 0.2) is 140 Å². The molecule has 147 heavy (non-hydrogen) atoms. The third-order valence-electron chi connectivity index (χ3n) is 34.5. The molecule has 11 saturated carbocycles. The summed E-state index contributed by atoms with van der Waals surface area (Å²) in [6.07, 6.45) is 33.6. The fraction of sp³-hybridized carbons (Fsp3) is 0.688. The lowest BCUT2D eigenvalue weighted by Crippen LogP contribution is -2.61. The molecule has 0 aromatic heterocycles. The van der Waals surface area contributed by atoms with Crippen molar-refractivity contribution in [3.05, 3.63) is 167 Å². The van der Waals surface area contributed by atoms with Gasteiger partial charge in [0.25, 0.3) is 0 Å². The lowest BCUT2D eigenvalue weighted by molar-refractivity contribution is -0.226. The number of aromatic hydroxyl groups is 2. The molecule has 2 heterocycles. The number of phenolic OH excluding ortho intramolecular Hbond substituents is 2. The van der Waals surface area contributed by atoms with Gasteiger partial charge in [-0.25, -0.2) is 0 Å². The maximum Gasteiger partial charge on any atom is 0.312 e. The average molecular weight is 2040 g/mol. The van der Waals surface area contributed by atoms with Crippen molar-refractivity contribution in [2.24, 2.45) is 61.6 Å². The molecule has 13 aliphatic rings. The Morgan fingerprint density at radius 3 is 0.755 bits per heavy atom. The van der Waals surface area contributed by atoms with Crippen molar-refractivity contribution in [3.63, 3.8) is 0 Å². The number of hydrogen-bond acceptors (Lipinski definition) is 22. The topological polar surface area (TPSA) is 318 Å². The van der Waals surface area contributed by atoms with Crippen molar-refractivity contribution in [2.75, 3.05) is 13.2 Å². The van der Waals surface area contributed by atoms with E-state index in [0.29, 0.717) is 72.7 Å². The van der Waals surface area contributed by atoms with Gasteiger partial charge in [-0.1, -0.05) is 204 Å². The summed E-state index contributed by atoms with van der Waals surface area (Å²) in [6.45, 7) is 50.0. The number of hydrogen-bond donors (Lipinski definition) is 4. The van der Waals surface area contributed by atoms with Crippen LogP contribution in [-0.2, 0) is 103 Å². The lowest BCUT2D eigenvalue weighted by atomic mass is 9.52. The van der Waals surface area contributed by atoms with E-state index < -0.39 is 60.3 Å². The monoisotopic (exact) mass is 2040 g/mol. The fourth-order valence-corrected chi connectivity index (χ4v) is 21.7. The predicted octanol–water partition coefficient (Wildman–Crippen LogP) is 28.6. The molecular formula is C125H188O22. The molecule has 13 fully saturated rings. The number of ether oxygens (including phenoxy) is 9. The van der Waals surface area contributed by atoms with Gasteiger partial charge in [-0.3, -0.25) is 43.2 Å². The fourth-order valence-electron chi connectivity index (χ4n) is 21.7. The zero-order valence-electron chi connectivity index (χ0n) is 94.6. The van der Waals surface area contributed by atoms with E-state index >= 15 is 0 Å². The maximum atomic E-state index is 12.5. The molecule has 5 aromatic rings. The van der Waals surface area contributed by atoms with Crippen LogP contribution in [0.5, 0.6) is 11.5 Å². The Labute approximate surface area is 882 Å². The molecule has 18 rings (SSSR count). The summed E-state index contributed by atoms with van der Waals surface area (Å²) in [5.41, 5.74) is 0.0457. The molecule has 8 unspecified atom stereocenters. The molecular weight excluding hydrogens is 1850 g/mol. The normalized spacial score (nSPS) is 25.0. The minimum absolute atomic E-state index is 0.0641. The third kappa shape index (κ3) is 34.7. The van der Waals surface area contributed by atoms with Gasteiger partial charge in [0, 0.05) is 12.8 Å². The Morgan fingerprint density at radius 2 is 0.544 bits per heavy atom. The van der Waals surface area contributed by atoms with Gasteiger partial charge in [-0.05, 0) is 384 Å². The summed E-state index contributed by atoms with van der Waals surface area (Å²) in [5, 5.41) is 39.3. The van der Waals surface area contributed by atoms with Crippen molar-refractivity contribution in [1.82, 2.24) is 0 Å². The number of carbonyl (C=O) groups is 9. The number of esters is 9.